The fourth-order valence-electron chi connectivity index (χ4n) is 2.51. The molecule has 0 saturated heterocycles. The van der Waals surface area contributed by atoms with E-state index in [1.165, 1.54) is 4.90 Å². The summed E-state index contributed by atoms with van der Waals surface area (Å²) in [4.78, 5) is 25.0. The maximum absolute atomic E-state index is 12.7. The van der Waals surface area contributed by atoms with Gasteiger partial charge in [0.15, 0.2) is 11.5 Å². The molecular weight excluding hydrogens is 306 g/mol. The standard InChI is InChI=1S/C19H17NO4/c1-13-6-8-14(9-7-13)12-17-19(23)20(11-10-18(21)22)15-4-2-3-5-16(15)24-17/h2-9,12H,10-11H2,1H3,(H,21,22)/b17-12+. The lowest BCUT2D eigenvalue weighted by Gasteiger charge is -2.30. The molecule has 0 atom stereocenters. The monoisotopic (exact) mass is 323 g/mol. The zero-order chi connectivity index (χ0) is 17.1. The van der Waals surface area contributed by atoms with Crippen molar-refractivity contribution < 1.29 is 19.4 Å². The van der Waals surface area contributed by atoms with Gasteiger partial charge in [0.05, 0.1) is 12.1 Å². The summed E-state index contributed by atoms with van der Waals surface area (Å²) in [5, 5.41) is 8.92. The number of carboxylic acids is 1. The Morgan fingerprint density at radius 1 is 1.17 bits per heavy atom. The lowest BCUT2D eigenvalue weighted by molar-refractivity contribution is -0.136. The number of carboxylic acid groups (broad SMARTS) is 1. The number of aliphatic carboxylic acids is 1. The number of aryl methyl sites for hydroxylation is 1. The number of hydrogen-bond acceptors (Lipinski definition) is 3. The second kappa shape index (κ2) is 6.58. The van der Waals surface area contributed by atoms with Gasteiger partial charge in [0.1, 0.15) is 0 Å². The van der Waals surface area contributed by atoms with Gasteiger partial charge >= 0.3 is 5.97 Å². The molecule has 1 aliphatic rings. The summed E-state index contributed by atoms with van der Waals surface area (Å²) in [5.74, 6) is -0.560. The van der Waals surface area contributed by atoms with Gasteiger partial charge in [-0.3, -0.25) is 9.59 Å². The molecule has 3 rings (SSSR count). The summed E-state index contributed by atoms with van der Waals surface area (Å²) < 4.78 is 5.74. The van der Waals surface area contributed by atoms with Crippen molar-refractivity contribution in [1.82, 2.24) is 0 Å². The second-order valence-electron chi connectivity index (χ2n) is 5.59. The van der Waals surface area contributed by atoms with Gasteiger partial charge in [-0.25, -0.2) is 0 Å². The predicted octanol–water partition coefficient (Wildman–Crippen LogP) is 3.24. The number of hydrogen-bond donors (Lipinski definition) is 1. The average molecular weight is 323 g/mol. The molecular formula is C19H17NO4. The summed E-state index contributed by atoms with van der Waals surface area (Å²) in [6, 6.07) is 14.8. The number of fused-ring (bicyclic) bond motifs is 1. The van der Waals surface area contributed by atoms with Crippen molar-refractivity contribution in [3.8, 4) is 5.75 Å². The van der Waals surface area contributed by atoms with Crippen molar-refractivity contribution >= 4 is 23.6 Å². The van der Waals surface area contributed by atoms with E-state index in [1.807, 2.05) is 37.3 Å². The van der Waals surface area contributed by atoms with E-state index < -0.39 is 5.97 Å². The Bertz CT molecular complexity index is 808. The van der Waals surface area contributed by atoms with Crippen LogP contribution < -0.4 is 9.64 Å². The molecule has 0 fully saturated rings. The van der Waals surface area contributed by atoms with E-state index in [0.717, 1.165) is 11.1 Å². The molecule has 0 aliphatic carbocycles. The first-order valence-corrected chi connectivity index (χ1v) is 7.63. The van der Waals surface area contributed by atoms with Gasteiger partial charge in [-0.15, -0.1) is 0 Å². The van der Waals surface area contributed by atoms with Crippen molar-refractivity contribution in [2.24, 2.45) is 0 Å². The predicted molar refractivity (Wildman–Crippen MR) is 90.8 cm³/mol. The number of rotatable bonds is 4. The Kier molecular flexibility index (Phi) is 4.33. The van der Waals surface area contributed by atoms with Crippen LogP contribution in [0.2, 0.25) is 0 Å². The highest BCUT2D eigenvalue weighted by Gasteiger charge is 2.30. The largest absolute Gasteiger partial charge is 0.481 e. The van der Waals surface area contributed by atoms with Crippen molar-refractivity contribution in [2.75, 3.05) is 11.4 Å². The molecule has 1 heterocycles. The first kappa shape index (κ1) is 15.8. The normalized spacial score (nSPS) is 15.1. The lowest BCUT2D eigenvalue weighted by Crippen LogP contribution is -2.38. The SMILES string of the molecule is Cc1ccc(/C=C2/Oc3ccccc3N(CCC(=O)O)C2=O)cc1. The van der Waals surface area contributed by atoms with Crippen LogP contribution >= 0.6 is 0 Å². The van der Waals surface area contributed by atoms with E-state index in [1.54, 1.807) is 24.3 Å². The third kappa shape index (κ3) is 3.30. The van der Waals surface area contributed by atoms with Crippen LogP contribution in [0.1, 0.15) is 17.5 Å². The highest BCUT2D eigenvalue weighted by molar-refractivity contribution is 6.10. The topological polar surface area (TPSA) is 66.8 Å². The summed E-state index contributed by atoms with van der Waals surface area (Å²) in [6.45, 7) is 2.09. The van der Waals surface area contributed by atoms with Crippen LogP contribution in [0.3, 0.4) is 0 Å². The molecule has 24 heavy (non-hydrogen) atoms. The molecule has 0 radical (unpaired) electrons. The minimum Gasteiger partial charge on any atom is -0.481 e. The van der Waals surface area contributed by atoms with Crippen molar-refractivity contribution in [2.45, 2.75) is 13.3 Å². The van der Waals surface area contributed by atoms with Crippen molar-refractivity contribution in [3.63, 3.8) is 0 Å². The van der Waals surface area contributed by atoms with Gasteiger partial charge in [0.25, 0.3) is 5.91 Å². The molecule has 0 saturated carbocycles. The molecule has 2 aromatic rings. The van der Waals surface area contributed by atoms with Gasteiger partial charge in [0, 0.05) is 6.54 Å². The highest BCUT2D eigenvalue weighted by Crippen LogP contribution is 2.35. The van der Waals surface area contributed by atoms with Crippen molar-refractivity contribution in [1.29, 1.82) is 0 Å². The van der Waals surface area contributed by atoms with Crippen LogP contribution in [0, 0.1) is 6.92 Å². The van der Waals surface area contributed by atoms with Crippen LogP contribution in [0.25, 0.3) is 6.08 Å². The van der Waals surface area contributed by atoms with Crippen LogP contribution in [-0.2, 0) is 9.59 Å². The molecule has 5 heteroatoms. The number of carbonyl (C=O) groups is 2. The Labute approximate surface area is 139 Å². The van der Waals surface area contributed by atoms with Gasteiger partial charge in [0.2, 0.25) is 0 Å². The van der Waals surface area contributed by atoms with Crippen LogP contribution in [0.4, 0.5) is 5.69 Å². The Balaban J connectivity index is 1.96. The highest BCUT2D eigenvalue weighted by atomic mass is 16.5. The first-order chi connectivity index (χ1) is 11.5. The van der Waals surface area contributed by atoms with E-state index >= 15 is 0 Å². The molecule has 122 valence electrons. The van der Waals surface area contributed by atoms with Gasteiger partial charge in [-0.1, -0.05) is 42.0 Å². The van der Waals surface area contributed by atoms with E-state index in [-0.39, 0.29) is 24.6 Å². The molecule has 5 nitrogen and oxygen atoms in total. The third-order valence-corrected chi connectivity index (χ3v) is 3.76. The summed E-state index contributed by atoms with van der Waals surface area (Å²) in [6.07, 6.45) is 1.55. The molecule has 0 bridgehead atoms. The smallest absolute Gasteiger partial charge is 0.305 e. The number of benzene rings is 2. The fourth-order valence-corrected chi connectivity index (χ4v) is 2.51. The Hall–Kier alpha value is -3.08. The number of amides is 1. The molecule has 0 spiro atoms. The zero-order valence-corrected chi connectivity index (χ0v) is 13.2. The fraction of sp³-hybridized carbons (Fsp3) is 0.158. The average Bonchev–Trinajstić information content (AvgIpc) is 2.57. The third-order valence-electron chi connectivity index (χ3n) is 3.76. The maximum Gasteiger partial charge on any atom is 0.305 e. The van der Waals surface area contributed by atoms with Crippen LogP contribution in [-0.4, -0.2) is 23.5 Å². The van der Waals surface area contributed by atoms with Gasteiger partial charge < -0.3 is 14.7 Å². The molecule has 0 aromatic heterocycles. The number of nitrogens with zero attached hydrogens (tertiary/aromatic N) is 1. The molecule has 1 N–H and O–H groups in total. The maximum atomic E-state index is 12.7. The quantitative estimate of drug-likeness (QED) is 0.877. The Morgan fingerprint density at radius 2 is 1.88 bits per heavy atom. The molecule has 1 amide bonds. The van der Waals surface area contributed by atoms with Crippen molar-refractivity contribution in [3.05, 3.63) is 65.4 Å². The zero-order valence-electron chi connectivity index (χ0n) is 13.2. The van der Waals surface area contributed by atoms with Gasteiger partial charge in [-0.2, -0.15) is 0 Å². The second-order valence-corrected chi connectivity index (χ2v) is 5.59. The lowest BCUT2D eigenvalue weighted by atomic mass is 10.1. The van der Waals surface area contributed by atoms with Gasteiger partial charge in [-0.05, 0) is 30.7 Å². The van der Waals surface area contributed by atoms with E-state index in [4.69, 9.17) is 9.84 Å². The van der Waals surface area contributed by atoms with Crippen LogP contribution in [0.15, 0.2) is 54.3 Å². The van der Waals surface area contributed by atoms with Crippen LogP contribution in [0.5, 0.6) is 5.75 Å². The molecule has 1 aliphatic heterocycles. The molecule has 0 unspecified atom stereocenters. The Morgan fingerprint density at radius 3 is 2.58 bits per heavy atom. The number of anilines is 1. The number of ether oxygens (including phenoxy) is 1. The van der Waals surface area contributed by atoms with E-state index in [0.29, 0.717) is 11.4 Å². The first-order valence-electron chi connectivity index (χ1n) is 7.63. The van der Waals surface area contributed by atoms with E-state index in [2.05, 4.69) is 0 Å². The minimum absolute atomic E-state index is 0.0970. The summed E-state index contributed by atoms with van der Waals surface area (Å²) in [7, 11) is 0. The summed E-state index contributed by atoms with van der Waals surface area (Å²) in [5.41, 5.74) is 2.56. The minimum atomic E-state index is -0.948. The number of carbonyl (C=O) groups excluding carboxylic acids is 1. The molecule has 2 aromatic carbocycles. The van der Waals surface area contributed by atoms with E-state index in [9.17, 15) is 9.59 Å². The summed E-state index contributed by atoms with van der Waals surface area (Å²) >= 11 is 0. The number of para-hydroxylation sites is 2.